The van der Waals surface area contributed by atoms with E-state index in [9.17, 15) is 14.4 Å². The molecule has 0 saturated carbocycles. The number of urea groups is 1. The third-order valence-electron chi connectivity index (χ3n) is 3.35. The zero-order valence-corrected chi connectivity index (χ0v) is 14.5. The van der Waals surface area contributed by atoms with Crippen molar-refractivity contribution in [3.05, 3.63) is 34.4 Å². The summed E-state index contributed by atoms with van der Waals surface area (Å²) in [5.74, 6) is -0.780. The smallest absolute Gasteiger partial charge is 0.338 e. The van der Waals surface area contributed by atoms with Gasteiger partial charge in [-0.15, -0.1) is 0 Å². The van der Waals surface area contributed by atoms with Crippen LogP contribution in [0.5, 0.6) is 5.75 Å². The monoisotopic (exact) mass is 366 g/mol. The summed E-state index contributed by atoms with van der Waals surface area (Å²) in [5, 5.41) is 5.13. The van der Waals surface area contributed by atoms with Gasteiger partial charge in [0.2, 0.25) is 0 Å². The van der Waals surface area contributed by atoms with Crippen molar-refractivity contribution < 1.29 is 23.9 Å². The number of hydrogen-bond donors (Lipinski definition) is 2. The molecule has 2 rings (SSSR count). The van der Waals surface area contributed by atoms with Gasteiger partial charge in [0.15, 0.2) is 6.61 Å². The van der Waals surface area contributed by atoms with Crippen molar-refractivity contribution in [2.45, 2.75) is 19.8 Å². The molecule has 1 aromatic rings. The van der Waals surface area contributed by atoms with E-state index in [1.54, 1.807) is 24.3 Å². The second kappa shape index (κ2) is 9.08. The lowest BCUT2D eigenvalue weighted by molar-refractivity contribution is -0.144. The minimum Gasteiger partial charge on any atom is -0.488 e. The summed E-state index contributed by atoms with van der Waals surface area (Å²) in [6, 6.07) is 4.45. The fourth-order valence-corrected chi connectivity index (χ4v) is 2.26. The topological polar surface area (TPSA) is 93.7 Å². The van der Waals surface area contributed by atoms with E-state index in [0.29, 0.717) is 22.9 Å². The molecule has 0 spiro atoms. The molecule has 0 radical (unpaired) electrons. The number of imide groups is 1. The number of nitrogens with one attached hydrogen (secondary N) is 2. The van der Waals surface area contributed by atoms with Crippen molar-refractivity contribution in [1.29, 1.82) is 0 Å². The highest BCUT2D eigenvalue weighted by atomic mass is 35.5. The zero-order chi connectivity index (χ0) is 18.2. The van der Waals surface area contributed by atoms with Gasteiger partial charge in [0.05, 0.1) is 5.57 Å². The number of esters is 1. The van der Waals surface area contributed by atoms with Crippen molar-refractivity contribution in [3.8, 4) is 5.75 Å². The minimum atomic E-state index is -0.705. The standard InChI is InChI=1S/C17H19ClN2O5/c1-2-3-6-19-17(23)20-15(21)10-25-16(22)12-7-11-8-13(18)4-5-14(11)24-9-12/h4-5,7-8H,2-3,6,9-10H2,1H3,(H2,19,20,21,23). The highest BCUT2D eigenvalue weighted by molar-refractivity contribution is 6.30. The summed E-state index contributed by atoms with van der Waals surface area (Å²) >= 11 is 5.91. The summed E-state index contributed by atoms with van der Waals surface area (Å²) in [6.45, 7) is 1.94. The van der Waals surface area contributed by atoms with Crippen molar-refractivity contribution in [2.24, 2.45) is 0 Å². The Morgan fingerprint density at radius 3 is 2.88 bits per heavy atom. The van der Waals surface area contributed by atoms with Gasteiger partial charge >= 0.3 is 12.0 Å². The molecule has 3 amide bonds. The molecule has 0 unspecified atom stereocenters. The quantitative estimate of drug-likeness (QED) is 0.595. The van der Waals surface area contributed by atoms with Crippen LogP contribution in [-0.2, 0) is 14.3 Å². The fourth-order valence-electron chi connectivity index (χ4n) is 2.08. The highest BCUT2D eigenvalue weighted by Gasteiger charge is 2.20. The zero-order valence-electron chi connectivity index (χ0n) is 13.8. The molecule has 1 heterocycles. The van der Waals surface area contributed by atoms with Crippen LogP contribution >= 0.6 is 11.6 Å². The normalized spacial score (nSPS) is 12.3. The largest absolute Gasteiger partial charge is 0.488 e. The molecule has 0 saturated heterocycles. The lowest BCUT2D eigenvalue weighted by Crippen LogP contribution is -2.41. The first-order valence-electron chi connectivity index (χ1n) is 7.87. The summed E-state index contributed by atoms with van der Waals surface area (Å²) in [4.78, 5) is 35.0. The molecule has 1 aliphatic rings. The Balaban J connectivity index is 1.82. The molecular formula is C17H19ClN2O5. The molecule has 0 bridgehead atoms. The second-order valence-corrected chi connectivity index (χ2v) is 5.81. The number of halogens is 1. The summed E-state index contributed by atoms with van der Waals surface area (Å²) in [5.41, 5.74) is 0.917. The van der Waals surface area contributed by atoms with Crippen molar-refractivity contribution in [2.75, 3.05) is 19.8 Å². The number of unbranched alkanes of at least 4 members (excludes halogenated alkanes) is 1. The summed E-state index contributed by atoms with van der Waals surface area (Å²) < 4.78 is 10.3. The van der Waals surface area contributed by atoms with Gasteiger partial charge in [-0.25, -0.2) is 9.59 Å². The molecule has 25 heavy (non-hydrogen) atoms. The molecule has 0 aliphatic carbocycles. The van der Waals surface area contributed by atoms with Crippen LogP contribution in [0.1, 0.15) is 25.3 Å². The predicted octanol–water partition coefficient (Wildman–Crippen LogP) is 2.28. The molecule has 2 N–H and O–H groups in total. The van der Waals surface area contributed by atoms with E-state index in [4.69, 9.17) is 21.1 Å². The Morgan fingerprint density at radius 1 is 1.32 bits per heavy atom. The fraction of sp³-hybridized carbons (Fsp3) is 0.353. The maximum absolute atomic E-state index is 12.0. The van der Waals surface area contributed by atoms with Crippen LogP contribution in [0.2, 0.25) is 5.02 Å². The minimum absolute atomic E-state index is 0.0343. The van der Waals surface area contributed by atoms with E-state index in [1.165, 1.54) is 0 Å². The average molecular weight is 367 g/mol. The molecule has 0 atom stereocenters. The molecule has 0 fully saturated rings. The van der Waals surface area contributed by atoms with Crippen molar-refractivity contribution >= 4 is 35.6 Å². The SMILES string of the molecule is CCCCNC(=O)NC(=O)COC(=O)C1=Cc2cc(Cl)ccc2OC1. The third kappa shape index (κ3) is 5.79. The lowest BCUT2D eigenvalue weighted by atomic mass is 10.1. The molecule has 1 aliphatic heterocycles. The van der Waals surface area contributed by atoms with Crippen LogP contribution in [0.4, 0.5) is 4.79 Å². The Morgan fingerprint density at radius 2 is 2.12 bits per heavy atom. The summed E-state index contributed by atoms with van der Waals surface area (Å²) in [6.07, 6.45) is 3.34. The van der Waals surface area contributed by atoms with Crippen LogP contribution in [0.3, 0.4) is 0 Å². The Kier molecular flexibility index (Phi) is 6.82. The molecular weight excluding hydrogens is 348 g/mol. The highest BCUT2D eigenvalue weighted by Crippen LogP contribution is 2.29. The van der Waals surface area contributed by atoms with E-state index in [-0.39, 0.29) is 12.2 Å². The van der Waals surface area contributed by atoms with Crippen LogP contribution in [0.25, 0.3) is 6.08 Å². The van der Waals surface area contributed by atoms with Crippen LogP contribution in [0.15, 0.2) is 23.8 Å². The molecule has 1 aromatic carbocycles. The van der Waals surface area contributed by atoms with E-state index >= 15 is 0 Å². The van der Waals surface area contributed by atoms with Gasteiger partial charge in [-0.2, -0.15) is 0 Å². The number of hydrogen-bond acceptors (Lipinski definition) is 5. The Labute approximate surface area is 150 Å². The third-order valence-corrected chi connectivity index (χ3v) is 3.59. The first kappa shape index (κ1) is 18.8. The Hall–Kier alpha value is -2.54. The van der Waals surface area contributed by atoms with E-state index < -0.39 is 24.5 Å². The van der Waals surface area contributed by atoms with Crippen LogP contribution < -0.4 is 15.4 Å². The number of fused-ring (bicyclic) bond motifs is 1. The number of carbonyl (C=O) groups is 3. The van der Waals surface area contributed by atoms with Gasteiger partial charge in [-0.1, -0.05) is 24.9 Å². The first-order valence-corrected chi connectivity index (χ1v) is 8.25. The van der Waals surface area contributed by atoms with Crippen molar-refractivity contribution in [3.63, 3.8) is 0 Å². The van der Waals surface area contributed by atoms with Gasteiger partial charge in [0.25, 0.3) is 5.91 Å². The number of carbonyl (C=O) groups excluding carboxylic acids is 3. The maximum Gasteiger partial charge on any atom is 0.338 e. The van der Waals surface area contributed by atoms with Gasteiger partial charge in [0, 0.05) is 17.1 Å². The van der Waals surface area contributed by atoms with Gasteiger partial charge in [0.1, 0.15) is 12.4 Å². The first-order chi connectivity index (χ1) is 12.0. The molecule has 7 nitrogen and oxygen atoms in total. The van der Waals surface area contributed by atoms with Gasteiger partial charge in [-0.05, 0) is 30.7 Å². The van der Waals surface area contributed by atoms with Gasteiger partial charge < -0.3 is 14.8 Å². The second-order valence-electron chi connectivity index (χ2n) is 5.37. The van der Waals surface area contributed by atoms with E-state index in [1.807, 2.05) is 6.92 Å². The van der Waals surface area contributed by atoms with Crippen molar-refractivity contribution in [1.82, 2.24) is 10.6 Å². The van der Waals surface area contributed by atoms with Gasteiger partial charge in [-0.3, -0.25) is 10.1 Å². The van der Waals surface area contributed by atoms with E-state index in [2.05, 4.69) is 10.6 Å². The predicted molar refractivity (Wildman–Crippen MR) is 92.3 cm³/mol. The molecule has 0 aromatic heterocycles. The number of ether oxygens (including phenoxy) is 2. The molecule has 134 valence electrons. The number of benzene rings is 1. The average Bonchev–Trinajstić information content (AvgIpc) is 2.59. The molecule has 8 heteroatoms. The van der Waals surface area contributed by atoms with E-state index in [0.717, 1.165) is 12.8 Å². The Bertz CT molecular complexity index is 702. The number of rotatable bonds is 6. The lowest BCUT2D eigenvalue weighted by Gasteiger charge is -2.17. The van der Waals surface area contributed by atoms with Crippen LogP contribution in [0, 0.1) is 0 Å². The summed E-state index contributed by atoms with van der Waals surface area (Å²) in [7, 11) is 0. The maximum atomic E-state index is 12.0. The number of amides is 3. The van der Waals surface area contributed by atoms with Crippen LogP contribution in [-0.4, -0.2) is 37.7 Å².